The van der Waals surface area contributed by atoms with E-state index in [1.54, 1.807) is 6.08 Å². The Labute approximate surface area is 186 Å². The highest BCUT2D eigenvalue weighted by Crippen LogP contribution is 2.27. The van der Waals surface area contributed by atoms with E-state index in [2.05, 4.69) is 25.7 Å². The number of benzene rings is 2. The third-order valence-electron chi connectivity index (χ3n) is 5.36. The van der Waals surface area contributed by atoms with Gasteiger partial charge in [0.05, 0.1) is 5.69 Å². The molecule has 1 aliphatic rings. The number of amides is 2. The van der Waals surface area contributed by atoms with Crippen LogP contribution < -0.4 is 10.2 Å². The van der Waals surface area contributed by atoms with E-state index in [-0.39, 0.29) is 10.7 Å². The largest absolute Gasteiger partial charge is 0.343 e. The maximum Gasteiger partial charge on any atom is 0.270 e. The van der Waals surface area contributed by atoms with Gasteiger partial charge in [-0.25, -0.2) is 0 Å². The van der Waals surface area contributed by atoms with Gasteiger partial charge >= 0.3 is 0 Å². The van der Waals surface area contributed by atoms with Crippen molar-refractivity contribution < 1.29 is 9.59 Å². The Kier molecular flexibility index (Phi) is 5.57. The van der Waals surface area contributed by atoms with Crippen LogP contribution in [0.1, 0.15) is 30.9 Å². The Hall–Kier alpha value is -3.51. The van der Waals surface area contributed by atoms with Gasteiger partial charge in [0.1, 0.15) is 5.57 Å². The normalized spacial score (nSPS) is 15.8. The Bertz CT molecular complexity index is 1240. The van der Waals surface area contributed by atoms with Crippen molar-refractivity contribution in [3.05, 3.63) is 84.1 Å². The molecule has 0 bridgehead atoms. The Morgan fingerprint density at radius 2 is 1.81 bits per heavy atom. The quantitative estimate of drug-likeness (QED) is 0.275. The highest BCUT2D eigenvalue weighted by Gasteiger charge is 2.34. The first-order valence-corrected chi connectivity index (χ1v) is 10.5. The number of hydrogen-bond donors (Lipinski definition) is 1. The van der Waals surface area contributed by atoms with Crippen molar-refractivity contribution in [2.75, 3.05) is 4.90 Å². The molecule has 0 radical (unpaired) electrons. The van der Waals surface area contributed by atoms with Crippen LogP contribution in [0, 0.1) is 0 Å². The molecule has 1 fully saturated rings. The van der Waals surface area contributed by atoms with Gasteiger partial charge in [0.15, 0.2) is 5.11 Å². The first-order chi connectivity index (χ1) is 14.9. The second-order valence-corrected chi connectivity index (χ2v) is 8.13. The number of fused-ring (bicyclic) bond motifs is 1. The molecule has 156 valence electrons. The highest BCUT2D eigenvalue weighted by molar-refractivity contribution is 7.80. The van der Waals surface area contributed by atoms with Crippen LogP contribution in [-0.2, 0) is 16.1 Å². The molecule has 1 aromatic heterocycles. The van der Waals surface area contributed by atoms with Crippen molar-refractivity contribution >= 4 is 51.8 Å². The van der Waals surface area contributed by atoms with E-state index in [9.17, 15) is 9.59 Å². The van der Waals surface area contributed by atoms with Crippen molar-refractivity contribution in [3.8, 4) is 0 Å². The molecule has 0 unspecified atom stereocenters. The maximum atomic E-state index is 13.3. The van der Waals surface area contributed by atoms with Crippen LogP contribution in [0.25, 0.3) is 17.0 Å². The number of carbonyl (C=O) groups is 2. The minimum Gasteiger partial charge on any atom is -0.343 e. The second-order valence-electron chi connectivity index (χ2n) is 7.75. The van der Waals surface area contributed by atoms with Crippen LogP contribution in [0.4, 0.5) is 5.69 Å². The topological polar surface area (TPSA) is 54.3 Å². The fraction of sp³-hybridized carbons (Fsp3) is 0.160. The van der Waals surface area contributed by atoms with Crippen molar-refractivity contribution in [1.29, 1.82) is 0 Å². The van der Waals surface area contributed by atoms with E-state index in [1.807, 2.05) is 65.4 Å². The van der Waals surface area contributed by atoms with Gasteiger partial charge in [0.2, 0.25) is 0 Å². The number of aromatic nitrogens is 1. The average molecular weight is 430 g/mol. The third-order valence-corrected chi connectivity index (χ3v) is 5.65. The summed E-state index contributed by atoms with van der Waals surface area (Å²) >= 11 is 5.31. The molecule has 3 aromatic rings. The lowest BCUT2D eigenvalue weighted by Crippen LogP contribution is -2.54. The molecule has 1 saturated heterocycles. The van der Waals surface area contributed by atoms with E-state index >= 15 is 0 Å². The van der Waals surface area contributed by atoms with Crippen LogP contribution in [0.3, 0.4) is 0 Å². The van der Waals surface area contributed by atoms with Crippen LogP contribution in [0.15, 0.2) is 73.0 Å². The van der Waals surface area contributed by atoms with Gasteiger partial charge in [-0.2, -0.15) is 0 Å². The SMILES string of the molecule is C=CCn1cc(/C=C2\C(=O)NC(=S)N(c3ccc(C(C)C)cc3)C2=O)c2ccccc21. The molecule has 4 rings (SSSR count). The Balaban J connectivity index is 1.76. The predicted molar refractivity (Wildman–Crippen MR) is 129 cm³/mol. The molecule has 6 heteroatoms. The van der Waals surface area contributed by atoms with Crippen LogP contribution >= 0.6 is 12.2 Å². The predicted octanol–water partition coefficient (Wildman–Crippen LogP) is 4.78. The summed E-state index contributed by atoms with van der Waals surface area (Å²) in [7, 11) is 0. The van der Waals surface area contributed by atoms with Crippen molar-refractivity contribution in [3.63, 3.8) is 0 Å². The minimum absolute atomic E-state index is 0.0445. The van der Waals surface area contributed by atoms with E-state index in [1.165, 1.54) is 4.90 Å². The van der Waals surface area contributed by atoms with E-state index in [4.69, 9.17) is 12.2 Å². The molecular formula is C25H23N3O2S. The van der Waals surface area contributed by atoms with Crippen LogP contribution in [0.5, 0.6) is 0 Å². The number of allylic oxidation sites excluding steroid dienone is 1. The molecule has 31 heavy (non-hydrogen) atoms. The third kappa shape index (κ3) is 3.82. The summed E-state index contributed by atoms with van der Waals surface area (Å²) in [4.78, 5) is 27.4. The summed E-state index contributed by atoms with van der Waals surface area (Å²) in [6, 6.07) is 15.5. The lowest BCUT2D eigenvalue weighted by molar-refractivity contribution is -0.122. The molecule has 0 atom stereocenters. The highest BCUT2D eigenvalue weighted by atomic mass is 32.1. The minimum atomic E-state index is -0.495. The number of hydrogen-bond acceptors (Lipinski definition) is 3. The number of anilines is 1. The average Bonchev–Trinajstić information content (AvgIpc) is 3.09. The van der Waals surface area contributed by atoms with Crippen molar-refractivity contribution in [2.24, 2.45) is 0 Å². The van der Waals surface area contributed by atoms with Gasteiger partial charge in [-0.15, -0.1) is 6.58 Å². The molecule has 5 nitrogen and oxygen atoms in total. The van der Waals surface area contributed by atoms with Gasteiger partial charge in [0, 0.05) is 29.2 Å². The molecule has 1 N–H and O–H groups in total. The summed E-state index contributed by atoms with van der Waals surface area (Å²) < 4.78 is 2.03. The van der Waals surface area contributed by atoms with Gasteiger partial charge in [-0.05, 0) is 48.0 Å². The first-order valence-electron chi connectivity index (χ1n) is 10.1. The molecule has 2 amide bonds. The van der Waals surface area contributed by atoms with Crippen LogP contribution in [-0.4, -0.2) is 21.5 Å². The zero-order valence-corrected chi connectivity index (χ0v) is 18.3. The van der Waals surface area contributed by atoms with Gasteiger partial charge < -0.3 is 4.57 Å². The van der Waals surface area contributed by atoms with Gasteiger partial charge in [0.25, 0.3) is 11.8 Å². The number of thiocarbonyl (C=S) groups is 1. The van der Waals surface area contributed by atoms with Gasteiger partial charge in [-0.1, -0.05) is 50.3 Å². The van der Waals surface area contributed by atoms with Crippen molar-refractivity contribution in [2.45, 2.75) is 26.3 Å². The number of nitrogens with zero attached hydrogens (tertiary/aromatic N) is 2. The zero-order valence-electron chi connectivity index (χ0n) is 17.5. The molecule has 2 heterocycles. The summed E-state index contributed by atoms with van der Waals surface area (Å²) in [6.07, 6.45) is 5.37. The smallest absolute Gasteiger partial charge is 0.270 e. The number of carbonyl (C=O) groups excluding carboxylic acids is 2. The Morgan fingerprint density at radius 1 is 1.10 bits per heavy atom. The Morgan fingerprint density at radius 3 is 2.48 bits per heavy atom. The molecule has 2 aromatic carbocycles. The van der Waals surface area contributed by atoms with Gasteiger partial charge in [-0.3, -0.25) is 19.8 Å². The molecule has 1 aliphatic heterocycles. The van der Waals surface area contributed by atoms with Crippen LogP contribution in [0.2, 0.25) is 0 Å². The lowest BCUT2D eigenvalue weighted by atomic mass is 10.0. The molecule has 0 saturated carbocycles. The standard InChI is InChI=1S/C25H23N3O2S/c1-4-13-27-15-18(20-7-5-6-8-22(20)27)14-21-23(29)26-25(31)28(24(21)30)19-11-9-17(10-12-19)16(2)3/h4-12,14-16H,1,13H2,2-3H3,(H,26,29,31)/b21-14+. The monoisotopic (exact) mass is 429 g/mol. The number of rotatable bonds is 5. The van der Waals surface area contributed by atoms with E-state index in [0.717, 1.165) is 22.0 Å². The van der Waals surface area contributed by atoms with E-state index in [0.29, 0.717) is 18.2 Å². The summed E-state index contributed by atoms with van der Waals surface area (Å²) in [5, 5.41) is 3.69. The summed E-state index contributed by atoms with van der Waals surface area (Å²) in [5.74, 6) is -0.557. The summed E-state index contributed by atoms with van der Waals surface area (Å²) in [6.45, 7) is 8.65. The lowest BCUT2D eigenvalue weighted by Gasteiger charge is -2.29. The summed E-state index contributed by atoms with van der Waals surface area (Å²) in [5.41, 5.74) is 3.63. The second kappa shape index (κ2) is 8.32. The fourth-order valence-corrected chi connectivity index (χ4v) is 4.02. The fourth-order valence-electron chi connectivity index (χ4n) is 3.74. The van der Waals surface area contributed by atoms with Crippen molar-refractivity contribution in [1.82, 2.24) is 9.88 Å². The molecule has 0 aliphatic carbocycles. The maximum absolute atomic E-state index is 13.3. The zero-order chi connectivity index (χ0) is 22.1. The number of para-hydroxylation sites is 1. The number of nitrogens with one attached hydrogen (secondary N) is 1. The molecular weight excluding hydrogens is 406 g/mol. The van der Waals surface area contributed by atoms with E-state index < -0.39 is 11.8 Å². The first kappa shape index (κ1) is 20.8. The molecule has 0 spiro atoms.